The van der Waals surface area contributed by atoms with Crippen molar-refractivity contribution in [1.82, 2.24) is 14.6 Å². The molecule has 78 valence electrons. The lowest BCUT2D eigenvalue weighted by Gasteiger charge is -2.03. The molecule has 0 fully saturated rings. The third-order valence-electron chi connectivity index (χ3n) is 2.41. The first-order valence-electron chi connectivity index (χ1n) is 4.91. The molecule has 3 aromatic rings. The molecule has 0 radical (unpaired) electrons. The van der Waals surface area contributed by atoms with Gasteiger partial charge >= 0.3 is 0 Å². The highest BCUT2D eigenvalue weighted by Crippen LogP contribution is 2.23. The molecular formula is C12H8ClN3. The number of hydrogen-bond donors (Lipinski definition) is 0. The number of benzene rings is 1. The summed E-state index contributed by atoms with van der Waals surface area (Å²) in [6.07, 6.45) is 1.86. The molecule has 0 aliphatic rings. The van der Waals surface area contributed by atoms with E-state index in [9.17, 15) is 0 Å². The molecule has 0 atom stereocenters. The summed E-state index contributed by atoms with van der Waals surface area (Å²) < 4.78 is 1.73. The van der Waals surface area contributed by atoms with Gasteiger partial charge in [-0.1, -0.05) is 30.3 Å². The number of halogens is 1. The molecule has 0 saturated carbocycles. The summed E-state index contributed by atoms with van der Waals surface area (Å²) >= 11 is 5.89. The number of hydrogen-bond acceptors (Lipinski definition) is 2. The van der Waals surface area contributed by atoms with Crippen molar-refractivity contribution in [3.05, 3.63) is 53.9 Å². The van der Waals surface area contributed by atoms with Crippen LogP contribution in [-0.2, 0) is 0 Å². The number of rotatable bonds is 1. The van der Waals surface area contributed by atoms with Gasteiger partial charge in [-0.15, -0.1) is 5.10 Å². The SMILES string of the molecule is Clc1nc(-c2ccccc2)c2cccn2n1. The van der Waals surface area contributed by atoms with E-state index in [0.29, 0.717) is 0 Å². The molecule has 1 aromatic carbocycles. The Labute approximate surface area is 97.3 Å². The molecule has 0 bridgehead atoms. The van der Waals surface area contributed by atoms with E-state index in [0.717, 1.165) is 16.8 Å². The average molecular weight is 230 g/mol. The summed E-state index contributed by atoms with van der Waals surface area (Å²) in [6, 6.07) is 13.8. The topological polar surface area (TPSA) is 30.2 Å². The fraction of sp³-hybridized carbons (Fsp3) is 0. The van der Waals surface area contributed by atoms with E-state index in [2.05, 4.69) is 10.1 Å². The Hall–Kier alpha value is -1.87. The Morgan fingerprint density at radius 2 is 1.81 bits per heavy atom. The van der Waals surface area contributed by atoms with Gasteiger partial charge < -0.3 is 0 Å². The van der Waals surface area contributed by atoms with Crippen LogP contribution in [0.4, 0.5) is 0 Å². The zero-order valence-corrected chi connectivity index (χ0v) is 9.09. The van der Waals surface area contributed by atoms with Crippen molar-refractivity contribution in [2.24, 2.45) is 0 Å². The molecule has 0 aliphatic carbocycles. The molecule has 3 nitrogen and oxygen atoms in total. The van der Waals surface area contributed by atoms with Gasteiger partial charge in [0.05, 0.1) is 11.2 Å². The van der Waals surface area contributed by atoms with Crippen molar-refractivity contribution in [1.29, 1.82) is 0 Å². The lowest BCUT2D eigenvalue weighted by Crippen LogP contribution is -1.96. The third-order valence-corrected chi connectivity index (χ3v) is 2.57. The lowest BCUT2D eigenvalue weighted by atomic mass is 10.1. The van der Waals surface area contributed by atoms with E-state index in [1.807, 2.05) is 48.7 Å². The summed E-state index contributed by atoms with van der Waals surface area (Å²) in [7, 11) is 0. The van der Waals surface area contributed by atoms with Gasteiger partial charge in [-0.05, 0) is 23.7 Å². The van der Waals surface area contributed by atoms with Crippen LogP contribution in [0.1, 0.15) is 0 Å². The van der Waals surface area contributed by atoms with Gasteiger partial charge in [-0.3, -0.25) is 0 Å². The molecule has 0 amide bonds. The fourth-order valence-electron chi connectivity index (χ4n) is 1.72. The molecule has 0 saturated heterocycles. The van der Waals surface area contributed by atoms with Crippen molar-refractivity contribution >= 4 is 17.1 Å². The largest absolute Gasteiger partial charge is 0.241 e. The zero-order chi connectivity index (χ0) is 11.0. The Morgan fingerprint density at radius 1 is 1.00 bits per heavy atom. The highest BCUT2D eigenvalue weighted by atomic mass is 35.5. The quantitative estimate of drug-likeness (QED) is 0.642. The number of fused-ring (bicyclic) bond motifs is 1. The van der Waals surface area contributed by atoms with Crippen molar-refractivity contribution < 1.29 is 0 Å². The van der Waals surface area contributed by atoms with Gasteiger partial charge in [0.1, 0.15) is 0 Å². The summed E-state index contributed by atoms with van der Waals surface area (Å²) in [5.41, 5.74) is 2.84. The number of nitrogens with zero attached hydrogens (tertiary/aromatic N) is 3. The van der Waals surface area contributed by atoms with Crippen LogP contribution in [0.3, 0.4) is 0 Å². The zero-order valence-electron chi connectivity index (χ0n) is 8.34. The van der Waals surface area contributed by atoms with Crippen LogP contribution in [0, 0.1) is 0 Å². The molecule has 0 aliphatic heterocycles. The molecule has 2 aromatic heterocycles. The smallest absolute Gasteiger partial charge is 0.236 e. The Bertz CT molecular complexity index is 631. The summed E-state index contributed by atoms with van der Waals surface area (Å²) in [4.78, 5) is 4.28. The Balaban J connectivity index is 2.34. The van der Waals surface area contributed by atoms with Crippen molar-refractivity contribution in [3.8, 4) is 11.3 Å². The predicted octanol–water partition coefficient (Wildman–Crippen LogP) is 3.05. The van der Waals surface area contributed by atoms with Crippen molar-refractivity contribution in [2.75, 3.05) is 0 Å². The predicted molar refractivity (Wildman–Crippen MR) is 63.4 cm³/mol. The number of aromatic nitrogens is 3. The van der Waals surface area contributed by atoms with Gasteiger partial charge in [-0.25, -0.2) is 9.50 Å². The first kappa shape index (κ1) is 9.36. The van der Waals surface area contributed by atoms with Crippen LogP contribution in [0.25, 0.3) is 16.8 Å². The summed E-state index contributed by atoms with van der Waals surface area (Å²) in [5.74, 6) is 0. The maximum absolute atomic E-state index is 5.89. The maximum atomic E-state index is 5.89. The molecule has 0 unspecified atom stereocenters. The molecule has 0 N–H and O–H groups in total. The minimum absolute atomic E-state index is 0.252. The van der Waals surface area contributed by atoms with Crippen molar-refractivity contribution in [3.63, 3.8) is 0 Å². The molecule has 0 spiro atoms. The van der Waals surface area contributed by atoms with E-state index in [4.69, 9.17) is 11.6 Å². The van der Waals surface area contributed by atoms with E-state index in [-0.39, 0.29) is 5.28 Å². The summed E-state index contributed by atoms with van der Waals surface area (Å²) in [6.45, 7) is 0. The molecular weight excluding hydrogens is 222 g/mol. The molecule has 2 heterocycles. The van der Waals surface area contributed by atoms with Crippen LogP contribution in [0.5, 0.6) is 0 Å². The van der Waals surface area contributed by atoms with Crippen LogP contribution < -0.4 is 0 Å². The van der Waals surface area contributed by atoms with E-state index < -0.39 is 0 Å². The van der Waals surface area contributed by atoms with E-state index in [1.54, 1.807) is 4.52 Å². The van der Waals surface area contributed by atoms with Crippen LogP contribution in [0.15, 0.2) is 48.7 Å². The lowest BCUT2D eigenvalue weighted by molar-refractivity contribution is 0.907. The fourth-order valence-corrected chi connectivity index (χ4v) is 1.88. The van der Waals surface area contributed by atoms with Gasteiger partial charge in [-0.2, -0.15) is 0 Å². The second kappa shape index (κ2) is 3.61. The molecule has 16 heavy (non-hydrogen) atoms. The van der Waals surface area contributed by atoms with Gasteiger partial charge in [0.25, 0.3) is 0 Å². The monoisotopic (exact) mass is 229 g/mol. The minimum Gasteiger partial charge on any atom is -0.236 e. The third kappa shape index (κ3) is 1.46. The molecule has 3 rings (SSSR count). The van der Waals surface area contributed by atoms with Crippen LogP contribution >= 0.6 is 11.6 Å². The van der Waals surface area contributed by atoms with Crippen LogP contribution in [-0.4, -0.2) is 14.6 Å². The first-order chi connectivity index (χ1) is 7.84. The maximum Gasteiger partial charge on any atom is 0.241 e. The van der Waals surface area contributed by atoms with E-state index in [1.165, 1.54) is 0 Å². The van der Waals surface area contributed by atoms with Gasteiger partial charge in [0, 0.05) is 11.8 Å². The highest BCUT2D eigenvalue weighted by Gasteiger charge is 2.07. The average Bonchev–Trinajstić information content (AvgIpc) is 2.77. The van der Waals surface area contributed by atoms with Crippen molar-refractivity contribution in [2.45, 2.75) is 0 Å². The Kier molecular flexibility index (Phi) is 2.11. The summed E-state index contributed by atoms with van der Waals surface area (Å²) in [5, 5.41) is 4.35. The normalized spacial score (nSPS) is 10.8. The molecule has 4 heteroatoms. The van der Waals surface area contributed by atoms with E-state index >= 15 is 0 Å². The van der Waals surface area contributed by atoms with Gasteiger partial charge in [0.15, 0.2) is 0 Å². The van der Waals surface area contributed by atoms with Crippen LogP contribution in [0.2, 0.25) is 5.28 Å². The standard InChI is InChI=1S/C12H8ClN3/c13-12-14-11(9-5-2-1-3-6-9)10-7-4-8-16(10)15-12/h1-8H. The second-order valence-electron chi connectivity index (χ2n) is 3.43. The first-order valence-corrected chi connectivity index (χ1v) is 5.29. The highest BCUT2D eigenvalue weighted by molar-refractivity contribution is 6.28. The minimum atomic E-state index is 0.252. The van der Waals surface area contributed by atoms with Gasteiger partial charge in [0.2, 0.25) is 5.28 Å². The second-order valence-corrected chi connectivity index (χ2v) is 3.77. The Morgan fingerprint density at radius 3 is 2.62 bits per heavy atom.